The average Bonchev–Trinajstić information content (AvgIpc) is 0.786. The predicted molar refractivity (Wildman–Crippen MR) is 544 cm³/mol. The molecule has 0 bridgehead atoms. The van der Waals surface area contributed by atoms with Crippen molar-refractivity contribution in [1.29, 1.82) is 0 Å². The number of rotatable bonds is 84. The Labute approximate surface area is 774 Å². The number of benzene rings is 2. The Bertz CT molecular complexity index is 2620. The van der Waals surface area contributed by atoms with E-state index in [-0.39, 0.29) is 20.4 Å². The maximum atomic E-state index is 10.2. The smallest absolute Gasteiger partial charge is 0.348 e. The minimum Gasteiger partial charge on any atom is -0.348 e. The molecule has 0 saturated carbocycles. The van der Waals surface area contributed by atoms with Gasteiger partial charge in [-0.05, 0) is 91.8 Å². The fourth-order valence-electron chi connectivity index (χ4n) is 17.2. The molecule has 0 heterocycles. The van der Waals surface area contributed by atoms with E-state index < -0.39 is 0 Å². The van der Waals surface area contributed by atoms with Gasteiger partial charge in [-0.25, -0.2) is 0 Å². The van der Waals surface area contributed by atoms with Gasteiger partial charge in [0.1, 0.15) is 0 Å². The van der Waals surface area contributed by atoms with Gasteiger partial charge in [-0.3, -0.25) is 0 Å². The molecule has 0 amide bonds. The molecule has 0 unspecified atom stereocenters. The molecule has 0 N–H and O–H groups in total. The van der Waals surface area contributed by atoms with Crippen molar-refractivity contribution in [3.05, 3.63) is 100 Å². The zero-order chi connectivity index (χ0) is 86.9. The summed E-state index contributed by atoms with van der Waals surface area (Å²) in [5.74, 6) is 25.0. The molecule has 0 spiro atoms. The first-order valence-corrected chi connectivity index (χ1v) is 54.4. The Balaban J connectivity index is 0. The zero-order valence-electron chi connectivity index (χ0n) is 82.9. The normalized spacial score (nSPS) is 11.1. The van der Waals surface area contributed by atoms with E-state index in [1.165, 1.54) is 498 Å². The summed E-state index contributed by atoms with van der Waals surface area (Å²) in [4.78, 5) is 3.56. The standard InChI is InChI=1S/C74H116N2.2C22H45.Pd/c1-7-13-18-23-26-29-32-33-34-35-36-39-42-45-48-53-58-73(70(12-6)65-76-75)74(71-61-66(54-49-21-16-10-4)59-67(62-71)55-50-22-17-11-5)72-63-68(56-51-46-43-40-37-30-27-24-19-14-8-2)60-69(64-72)57-52-47-44-41-38-31-28-25-20-15-9-3;2*1-3-5-7-9-11-13-15-17-19-21-22-20-18-16-14-12-10-8-6-4-2;/h59-64H,7-50,54-55H2,1-6H3;2*1,3-22H2,2H3;/q;2*-1;+2. The van der Waals surface area contributed by atoms with E-state index >= 15 is 0 Å². The molecule has 0 aromatic heterocycles. The van der Waals surface area contributed by atoms with Crippen LogP contribution < -0.4 is 0 Å². The molecule has 2 aromatic carbocycles. The van der Waals surface area contributed by atoms with Crippen molar-refractivity contribution < 1.29 is 25.2 Å². The molecule has 0 fully saturated rings. The fraction of sp³-hybridized carbons (Fsp3) is 0.797. The second-order valence-corrected chi connectivity index (χ2v) is 37.1. The monoisotopic (exact) mass is 1760 g/mol. The Hall–Kier alpha value is -3.32. The van der Waals surface area contributed by atoms with Crippen LogP contribution in [0.3, 0.4) is 0 Å². The molecule has 2 rings (SSSR count). The van der Waals surface area contributed by atoms with Crippen molar-refractivity contribution in [2.24, 2.45) is 0 Å². The molecule has 0 aliphatic heterocycles. The van der Waals surface area contributed by atoms with E-state index in [0.717, 1.165) is 97.6 Å². The number of unbranched alkanes of at least 4 members (excludes halogenated alkanes) is 76. The molecule has 0 aliphatic carbocycles. The molecule has 2 aromatic rings. The number of aryl methyl sites for hydroxylation is 2. The summed E-state index contributed by atoms with van der Waals surface area (Å²) in [6.07, 6.45) is 116. The Morgan fingerprint density at radius 3 is 0.702 bits per heavy atom. The number of hydrogen-bond acceptors (Lipinski definition) is 0. The summed E-state index contributed by atoms with van der Waals surface area (Å²) in [6, 6.07) is 14.2. The molecule has 0 atom stereocenters. The molecule has 698 valence electrons. The largest absolute Gasteiger partial charge is 2.00 e. The van der Waals surface area contributed by atoms with Crippen LogP contribution in [0.1, 0.15) is 628 Å². The van der Waals surface area contributed by atoms with Gasteiger partial charge in [-0.2, -0.15) is 12.8 Å². The third kappa shape index (κ3) is 83.4. The van der Waals surface area contributed by atoms with E-state index in [9.17, 15) is 5.53 Å². The molecule has 3 heteroatoms. The first-order chi connectivity index (χ1) is 59.4. The topological polar surface area (TPSA) is 36.4 Å². The molecule has 2 nitrogen and oxygen atoms in total. The van der Waals surface area contributed by atoms with Crippen molar-refractivity contribution in [3.63, 3.8) is 0 Å². The second-order valence-electron chi connectivity index (χ2n) is 37.1. The van der Waals surface area contributed by atoms with Gasteiger partial charge in [0.05, 0.1) is 11.1 Å². The molecule has 0 saturated heterocycles. The van der Waals surface area contributed by atoms with Gasteiger partial charge in [0.2, 0.25) is 0 Å². The van der Waals surface area contributed by atoms with E-state index in [0.29, 0.717) is 6.42 Å². The maximum Gasteiger partial charge on any atom is 2.00 e. The Morgan fingerprint density at radius 1 is 0.256 bits per heavy atom. The number of allylic oxidation sites excluding steroid dienone is 2. The summed E-state index contributed by atoms with van der Waals surface area (Å²) < 4.78 is 0. The van der Waals surface area contributed by atoms with Gasteiger partial charge < -0.3 is 19.4 Å². The quantitative estimate of drug-likeness (QED) is 0.00925. The second kappa shape index (κ2) is 102. The summed E-state index contributed by atoms with van der Waals surface area (Å²) in [5, 5.41) is 0. The van der Waals surface area contributed by atoms with E-state index in [4.69, 9.17) is 0 Å². The van der Waals surface area contributed by atoms with Gasteiger partial charge >= 0.3 is 26.3 Å². The first-order valence-electron chi connectivity index (χ1n) is 54.4. The maximum absolute atomic E-state index is 10.2. The Morgan fingerprint density at radius 2 is 0.471 bits per heavy atom. The van der Waals surface area contributed by atoms with Crippen LogP contribution in [0.4, 0.5) is 0 Å². The van der Waals surface area contributed by atoms with Crippen LogP contribution in [0, 0.1) is 49.4 Å². The van der Waals surface area contributed by atoms with Gasteiger partial charge in [-0.1, -0.05) is 578 Å². The third-order valence-corrected chi connectivity index (χ3v) is 25.1. The minimum atomic E-state index is 0. The van der Waals surface area contributed by atoms with Crippen LogP contribution in [0.15, 0.2) is 47.5 Å². The van der Waals surface area contributed by atoms with Gasteiger partial charge in [0, 0.05) is 36.0 Å². The van der Waals surface area contributed by atoms with Crippen molar-refractivity contribution in [2.45, 2.75) is 608 Å². The van der Waals surface area contributed by atoms with Crippen LogP contribution in [-0.4, -0.2) is 10.7 Å². The summed E-state index contributed by atoms with van der Waals surface area (Å²) in [5.41, 5.74) is 20.1. The van der Waals surface area contributed by atoms with Crippen molar-refractivity contribution in [1.82, 2.24) is 0 Å². The number of nitrogens with zero attached hydrogens (tertiary/aromatic N) is 2. The minimum absolute atomic E-state index is 0. The fourth-order valence-corrected chi connectivity index (χ4v) is 17.2. The van der Waals surface area contributed by atoms with Crippen molar-refractivity contribution in [3.8, 4) is 35.5 Å². The average molecular weight is 1760 g/mol. The Kier molecular flexibility index (Phi) is 101. The van der Waals surface area contributed by atoms with Crippen LogP contribution in [-0.2, 0) is 33.3 Å². The van der Waals surface area contributed by atoms with E-state index in [2.05, 4.69) is 152 Å². The predicted octanol–water partition coefficient (Wildman–Crippen LogP) is 40.7. The molecular weight excluding hydrogens is 1550 g/mol. The van der Waals surface area contributed by atoms with Gasteiger partial charge in [0.25, 0.3) is 0 Å². The summed E-state index contributed by atoms with van der Waals surface area (Å²) in [6.45, 7) is 26.0. The van der Waals surface area contributed by atoms with Gasteiger partial charge in [0.15, 0.2) is 0 Å². The zero-order valence-corrected chi connectivity index (χ0v) is 84.5. The SMILES string of the molecule is CCCCCCCCCCCC#Cc1cc(C#CCCCCCCCCCCC)cc(C(=C(C#CCCCCCCCCCCCCCCCC)C(=C=[N+]=[N-])CC)c2cc(CCCCCC)cc(CCCCCC)c2)c1.[CH2-]CCCCCCCCCCCCCCCCCCCCC.[CH2-]CCCCCCCCCCCCCCCCCCCCC.[Pd+2]. The van der Waals surface area contributed by atoms with Crippen molar-refractivity contribution >= 4 is 11.4 Å². The molecule has 0 aliphatic rings. The van der Waals surface area contributed by atoms with Gasteiger partial charge in [-0.15, -0.1) is 4.79 Å². The van der Waals surface area contributed by atoms with E-state index in [1.54, 1.807) is 0 Å². The van der Waals surface area contributed by atoms with E-state index in [1.807, 2.05) is 0 Å². The molecular formula is C118H206N2Pd. The van der Waals surface area contributed by atoms with Crippen LogP contribution in [0.25, 0.3) is 11.1 Å². The van der Waals surface area contributed by atoms with Crippen LogP contribution >= 0.6 is 0 Å². The van der Waals surface area contributed by atoms with Crippen LogP contribution in [0.2, 0.25) is 0 Å². The molecule has 0 radical (unpaired) electrons. The molecule has 121 heavy (non-hydrogen) atoms. The van der Waals surface area contributed by atoms with Crippen molar-refractivity contribution in [2.75, 3.05) is 0 Å². The summed E-state index contributed by atoms with van der Waals surface area (Å²) in [7, 11) is 0. The van der Waals surface area contributed by atoms with Crippen LogP contribution in [0.5, 0.6) is 0 Å². The third-order valence-electron chi connectivity index (χ3n) is 25.1. The first kappa shape index (κ1) is 120. The summed E-state index contributed by atoms with van der Waals surface area (Å²) >= 11 is 0. The number of hydrogen-bond donors (Lipinski definition) is 0.